The van der Waals surface area contributed by atoms with Gasteiger partial charge in [0.15, 0.2) is 0 Å². The molecule has 6 heteroatoms. The van der Waals surface area contributed by atoms with Crippen molar-refractivity contribution in [1.82, 2.24) is 15.0 Å². The summed E-state index contributed by atoms with van der Waals surface area (Å²) in [5, 5.41) is 10.4. The van der Waals surface area contributed by atoms with Gasteiger partial charge >= 0.3 is 0 Å². The van der Waals surface area contributed by atoms with Gasteiger partial charge in [-0.2, -0.15) is 0 Å². The third-order valence-electron chi connectivity index (χ3n) is 2.55. The SMILES string of the molecule is COC(C)C(=O)Nc1ccccc1-n1ccnn1. The van der Waals surface area contributed by atoms with E-state index in [9.17, 15) is 4.79 Å². The maximum absolute atomic E-state index is 11.8. The van der Waals surface area contributed by atoms with Crippen molar-refractivity contribution in [3.05, 3.63) is 36.7 Å². The molecule has 0 radical (unpaired) electrons. The Kier molecular flexibility index (Phi) is 3.69. The number of ether oxygens (including phenoxy) is 1. The lowest BCUT2D eigenvalue weighted by molar-refractivity contribution is -0.124. The number of anilines is 1. The first-order valence-corrected chi connectivity index (χ1v) is 5.51. The van der Waals surface area contributed by atoms with E-state index in [0.29, 0.717) is 5.69 Å². The Hall–Kier alpha value is -2.21. The second-order valence-corrected chi connectivity index (χ2v) is 3.73. The first kappa shape index (κ1) is 12.3. The van der Waals surface area contributed by atoms with Crippen molar-refractivity contribution in [2.45, 2.75) is 13.0 Å². The summed E-state index contributed by atoms with van der Waals surface area (Å²) in [7, 11) is 1.49. The summed E-state index contributed by atoms with van der Waals surface area (Å²) in [6.07, 6.45) is 2.79. The third kappa shape index (κ3) is 2.54. The predicted molar refractivity (Wildman–Crippen MR) is 66.5 cm³/mol. The van der Waals surface area contributed by atoms with Gasteiger partial charge < -0.3 is 10.1 Å². The molecular weight excluding hydrogens is 232 g/mol. The molecule has 0 bridgehead atoms. The van der Waals surface area contributed by atoms with Crippen LogP contribution in [0.5, 0.6) is 0 Å². The van der Waals surface area contributed by atoms with Crippen LogP contribution in [0, 0.1) is 0 Å². The fraction of sp³-hybridized carbons (Fsp3) is 0.250. The Labute approximate surface area is 105 Å². The van der Waals surface area contributed by atoms with Crippen LogP contribution < -0.4 is 5.32 Å². The zero-order valence-corrected chi connectivity index (χ0v) is 10.2. The predicted octanol–water partition coefficient (Wildman–Crippen LogP) is 1.24. The summed E-state index contributed by atoms with van der Waals surface area (Å²) in [6.45, 7) is 1.69. The van der Waals surface area contributed by atoms with Gasteiger partial charge in [0.05, 0.1) is 23.8 Å². The van der Waals surface area contributed by atoms with Crippen molar-refractivity contribution in [3.8, 4) is 5.69 Å². The van der Waals surface area contributed by atoms with Crippen LogP contribution in [0.1, 0.15) is 6.92 Å². The molecule has 1 amide bonds. The molecule has 18 heavy (non-hydrogen) atoms. The Bertz CT molecular complexity index is 525. The molecule has 2 rings (SSSR count). The van der Waals surface area contributed by atoms with E-state index in [1.165, 1.54) is 7.11 Å². The van der Waals surface area contributed by atoms with Crippen molar-refractivity contribution in [2.75, 3.05) is 12.4 Å². The summed E-state index contributed by atoms with van der Waals surface area (Å²) in [6, 6.07) is 7.36. The van der Waals surface area contributed by atoms with Crippen molar-refractivity contribution in [2.24, 2.45) is 0 Å². The lowest BCUT2D eigenvalue weighted by Crippen LogP contribution is -2.27. The lowest BCUT2D eigenvalue weighted by atomic mass is 10.2. The summed E-state index contributed by atoms with van der Waals surface area (Å²) in [5.74, 6) is -0.204. The summed E-state index contributed by atoms with van der Waals surface area (Å²) < 4.78 is 6.56. The fourth-order valence-electron chi connectivity index (χ4n) is 1.46. The molecule has 0 fully saturated rings. The molecule has 1 aromatic carbocycles. The molecule has 0 aliphatic rings. The average molecular weight is 246 g/mol. The van der Waals surface area contributed by atoms with Crippen LogP contribution in [0.25, 0.3) is 5.69 Å². The standard InChI is InChI=1S/C12H14N4O2/c1-9(18-2)12(17)14-10-5-3-4-6-11(10)16-8-7-13-15-16/h3-9H,1-2H3,(H,14,17). The largest absolute Gasteiger partial charge is 0.372 e. The van der Waals surface area contributed by atoms with Gasteiger partial charge in [-0.25, -0.2) is 4.68 Å². The molecule has 94 valence electrons. The molecule has 6 nitrogen and oxygen atoms in total. The van der Waals surface area contributed by atoms with E-state index in [1.807, 2.05) is 18.2 Å². The summed E-state index contributed by atoms with van der Waals surface area (Å²) in [4.78, 5) is 11.8. The maximum atomic E-state index is 11.8. The first-order chi connectivity index (χ1) is 8.72. The van der Waals surface area contributed by atoms with Crippen molar-refractivity contribution in [1.29, 1.82) is 0 Å². The molecular formula is C12H14N4O2. The summed E-state index contributed by atoms with van der Waals surface area (Å²) in [5.41, 5.74) is 1.42. The Morgan fingerprint density at radius 1 is 1.44 bits per heavy atom. The van der Waals surface area contributed by atoms with Crippen LogP contribution >= 0.6 is 0 Å². The number of rotatable bonds is 4. The summed E-state index contributed by atoms with van der Waals surface area (Å²) >= 11 is 0. The number of hydrogen-bond acceptors (Lipinski definition) is 4. The first-order valence-electron chi connectivity index (χ1n) is 5.51. The topological polar surface area (TPSA) is 69.0 Å². The quantitative estimate of drug-likeness (QED) is 0.881. The van der Waals surface area contributed by atoms with Gasteiger partial charge in [0.25, 0.3) is 5.91 Å². The molecule has 2 aromatic rings. The van der Waals surface area contributed by atoms with Gasteiger partial charge in [-0.15, -0.1) is 5.10 Å². The van der Waals surface area contributed by atoms with Gasteiger partial charge in [-0.3, -0.25) is 4.79 Å². The molecule has 1 unspecified atom stereocenters. The number of para-hydroxylation sites is 2. The average Bonchev–Trinajstić information content (AvgIpc) is 2.92. The molecule has 0 saturated heterocycles. The van der Waals surface area contributed by atoms with E-state index in [-0.39, 0.29) is 5.91 Å². The maximum Gasteiger partial charge on any atom is 0.253 e. The minimum Gasteiger partial charge on any atom is -0.372 e. The van der Waals surface area contributed by atoms with Gasteiger partial charge in [0.2, 0.25) is 0 Å². The number of amides is 1. The van der Waals surface area contributed by atoms with Crippen LogP contribution in [-0.4, -0.2) is 34.1 Å². The van der Waals surface area contributed by atoms with Gasteiger partial charge in [0, 0.05) is 7.11 Å². The molecule has 1 heterocycles. The van der Waals surface area contributed by atoms with Crippen LogP contribution in [-0.2, 0) is 9.53 Å². The normalized spacial score (nSPS) is 12.1. The van der Waals surface area contributed by atoms with Gasteiger partial charge in [0.1, 0.15) is 6.10 Å². The van der Waals surface area contributed by atoms with Gasteiger partial charge in [-0.1, -0.05) is 17.3 Å². The third-order valence-corrected chi connectivity index (χ3v) is 2.55. The number of carbonyl (C=O) groups excluding carboxylic acids is 1. The number of benzene rings is 1. The van der Waals surface area contributed by atoms with Gasteiger partial charge in [-0.05, 0) is 19.1 Å². The molecule has 0 saturated carbocycles. The van der Waals surface area contributed by atoms with E-state index in [1.54, 1.807) is 30.1 Å². The minimum absolute atomic E-state index is 0.204. The molecule has 1 aromatic heterocycles. The zero-order chi connectivity index (χ0) is 13.0. The second kappa shape index (κ2) is 5.42. The number of carbonyl (C=O) groups is 1. The van der Waals surface area contributed by atoms with Crippen molar-refractivity contribution in [3.63, 3.8) is 0 Å². The van der Waals surface area contributed by atoms with Crippen LogP contribution in [0.3, 0.4) is 0 Å². The Morgan fingerprint density at radius 2 is 2.22 bits per heavy atom. The Morgan fingerprint density at radius 3 is 2.89 bits per heavy atom. The van der Waals surface area contributed by atoms with E-state index < -0.39 is 6.10 Å². The van der Waals surface area contributed by atoms with Crippen LogP contribution in [0.15, 0.2) is 36.7 Å². The Balaban J connectivity index is 2.26. The molecule has 0 spiro atoms. The number of hydrogen-bond donors (Lipinski definition) is 1. The van der Waals surface area contributed by atoms with Crippen LogP contribution in [0.2, 0.25) is 0 Å². The molecule has 0 aliphatic heterocycles. The van der Waals surface area contributed by atoms with E-state index >= 15 is 0 Å². The number of methoxy groups -OCH3 is 1. The number of nitrogens with one attached hydrogen (secondary N) is 1. The van der Waals surface area contributed by atoms with Crippen molar-refractivity contribution < 1.29 is 9.53 Å². The zero-order valence-electron chi connectivity index (χ0n) is 10.2. The highest BCUT2D eigenvalue weighted by Crippen LogP contribution is 2.18. The smallest absolute Gasteiger partial charge is 0.253 e. The monoisotopic (exact) mass is 246 g/mol. The highest BCUT2D eigenvalue weighted by molar-refractivity contribution is 5.95. The van der Waals surface area contributed by atoms with E-state index in [0.717, 1.165) is 5.69 Å². The molecule has 1 N–H and O–H groups in total. The number of aromatic nitrogens is 3. The van der Waals surface area contributed by atoms with E-state index in [4.69, 9.17) is 4.74 Å². The molecule has 1 atom stereocenters. The second-order valence-electron chi connectivity index (χ2n) is 3.73. The van der Waals surface area contributed by atoms with E-state index in [2.05, 4.69) is 15.6 Å². The minimum atomic E-state index is -0.506. The lowest BCUT2D eigenvalue weighted by Gasteiger charge is -2.13. The fourth-order valence-corrected chi connectivity index (χ4v) is 1.46. The van der Waals surface area contributed by atoms with Crippen molar-refractivity contribution >= 4 is 11.6 Å². The highest BCUT2D eigenvalue weighted by atomic mass is 16.5. The van der Waals surface area contributed by atoms with Crippen LogP contribution in [0.4, 0.5) is 5.69 Å². The number of nitrogens with zero attached hydrogens (tertiary/aromatic N) is 3. The highest BCUT2D eigenvalue weighted by Gasteiger charge is 2.14. The molecule has 0 aliphatic carbocycles.